The third kappa shape index (κ3) is 4.86. The first kappa shape index (κ1) is 20.5. The molecule has 2 heterocycles. The minimum absolute atomic E-state index is 0.00575. The molecule has 30 heavy (non-hydrogen) atoms. The molecule has 0 spiro atoms. The van der Waals surface area contributed by atoms with Crippen molar-refractivity contribution < 1.29 is 13.9 Å². The number of carbonyl (C=O) groups is 1. The van der Waals surface area contributed by atoms with Crippen molar-refractivity contribution in [2.45, 2.75) is 24.8 Å². The second-order valence-corrected chi connectivity index (χ2v) is 8.73. The number of hydrogen-bond donors (Lipinski definition) is 0. The Labute approximate surface area is 184 Å². The zero-order valence-electron chi connectivity index (χ0n) is 16.0. The van der Waals surface area contributed by atoms with Crippen molar-refractivity contribution in [3.05, 3.63) is 95.6 Å². The quantitative estimate of drug-likeness (QED) is 0.497. The van der Waals surface area contributed by atoms with E-state index in [4.69, 9.17) is 17.0 Å². The summed E-state index contributed by atoms with van der Waals surface area (Å²) < 4.78 is 19.9. The summed E-state index contributed by atoms with van der Waals surface area (Å²) in [5, 5.41) is -0.298. The lowest BCUT2D eigenvalue weighted by atomic mass is 10.1. The molecule has 2 aromatic carbocycles. The van der Waals surface area contributed by atoms with Gasteiger partial charge in [-0.25, -0.2) is 4.39 Å². The van der Waals surface area contributed by atoms with Gasteiger partial charge >= 0.3 is 0 Å². The Kier molecular flexibility index (Phi) is 6.40. The lowest BCUT2D eigenvalue weighted by molar-refractivity contribution is -0.126. The van der Waals surface area contributed by atoms with Crippen molar-refractivity contribution in [1.29, 1.82) is 0 Å². The molecule has 0 unspecified atom stereocenters. The topological polar surface area (TPSA) is 42.4 Å². The van der Waals surface area contributed by atoms with Gasteiger partial charge in [0.25, 0.3) is 0 Å². The Hall–Kier alpha value is -2.77. The molecule has 4 nitrogen and oxygen atoms in total. The van der Waals surface area contributed by atoms with Crippen LogP contribution in [0.4, 0.5) is 4.39 Å². The highest BCUT2D eigenvalue weighted by Gasteiger charge is 2.37. The van der Waals surface area contributed by atoms with Crippen LogP contribution >= 0.6 is 24.0 Å². The molecule has 0 N–H and O–H groups in total. The maximum Gasteiger partial charge on any atom is 0.242 e. The molecule has 1 aliphatic heterocycles. The number of hydrogen-bond acceptors (Lipinski definition) is 5. The molecule has 1 fully saturated rings. The van der Waals surface area contributed by atoms with Crippen LogP contribution < -0.4 is 4.74 Å². The summed E-state index contributed by atoms with van der Waals surface area (Å²) in [7, 11) is 0. The minimum Gasteiger partial charge on any atom is -0.489 e. The van der Waals surface area contributed by atoms with E-state index in [0.29, 0.717) is 23.0 Å². The van der Waals surface area contributed by atoms with E-state index in [9.17, 15) is 9.18 Å². The monoisotopic (exact) mass is 438 g/mol. The van der Waals surface area contributed by atoms with Gasteiger partial charge in [0.2, 0.25) is 5.91 Å². The number of halogens is 1. The normalized spacial score (nSPS) is 16.2. The van der Waals surface area contributed by atoms with Gasteiger partial charge in [0.05, 0.1) is 11.8 Å². The number of benzene rings is 2. The minimum atomic E-state index is -0.298. The highest BCUT2D eigenvalue weighted by molar-refractivity contribution is 8.24. The highest BCUT2D eigenvalue weighted by Crippen LogP contribution is 2.33. The molecule has 0 radical (unpaired) electrons. The van der Waals surface area contributed by atoms with Crippen LogP contribution in [0.1, 0.15) is 16.7 Å². The number of carbonyl (C=O) groups excluding carboxylic acids is 1. The molecule has 7 heteroatoms. The number of aromatic nitrogens is 1. The molecule has 1 amide bonds. The zero-order chi connectivity index (χ0) is 20.9. The van der Waals surface area contributed by atoms with Gasteiger partial charge in [-0.15, -0.1) is 0 Å². The largest absolute Gasteiger partial charge is 0.489 e. The Balaban J connectivity index is 1.44. The van der Waals surface area contributed by atoms with Crippen molar-refractivity contribution in [2.75, 3.05) is 0 Å². The first-order valence-electron chi connectivity index (χ1n) is 9.46. The van der Waals surface area contributed by atoms with Gasteiger partial charge in [-0.1, -0.05) is 60.4 Å². The molecule has 1 saturated heterocycles. The molecular weight excluding hydrogens is 419 g/mol. The van der Waals surface area contributed by atoms with Crippen molar-refractivity contribution in [1.82, 2.24) is 9.88 Å². The van der Waals surface area contributed by atoms with E-state index in [1.165, 1.54) is 23.9 Å². The van der Waals surface area contributed by atoms with Crippen LogP contribution in [0.2, 0.25) is 0 Å². The number of thiocarbonyl (C=S) groups is 1. The molecule has 1 aliphatic rings. The molecule has 0 saturated carbocycles. The summed E-state index contributed by atoms with van der Waals surface area (Å²) in [6.07, 6.45) is 3.95. The summed E-state index contributed by atoms with van der Waals surface area (Å²) in [5.74, 6) is 0.389. The molecule has 1 atom stereocenters. The van der Waals surface area contributed by atoms with Gasteiger partial charge in [-0.3, -0.25) is 14.7 Å². The number of ether oxygens (including phenoxy) is 1. The number of rotatable bonds is 7. The SMILES string of the molecule is O=C1[C@H](Cc2ccccc2OCc2cccc(F)c2)SC(=S)N1Cc1cccnc1. The maximum absolute atomic E-state index is 13.4. The van der Waals surface area contributed by atoms with E-state index in [-0.39, 0.29) is 23.6 Å². The standard InChI is InChI=1S/C23H19FN2O2S2/c24-19-8-3-5-16(11-19)15-28-20-9-2-1-7-18(20)12-21-22(27)26(23(29)30-21)14-17-6-4-10-25-13-17/h1-11,13,21H,12,14-15H2/t21-/m0/s1. The fraction of sp³-hybridized carbons (Fsp3) is 0.174. The second-order valence-electron chi connectivity index (χ2n) is 6.89. The van der Waals surface area contributed by atoms with E-state index in [1.807, 2.05) is 42.5 Å². The predicted molar refractivity (Wildman–Crippen MR) is 120 cm³/mol. The van der Waals surface area contributed by atoms with Crippen molar-refractivity contribution in [2.24, 2.45) is 0 Å². The van der Waals surface area contributed by atoms with Crippen LogP contribution in [-0.2, 0) is 24.4 Å². The van der Waals surface area contributed by atoms with Crippen molar-refractivity contribution in [3.63, 3.8) is 0 Å². The number of pyridine rings is 1. The fourth-order valence-electron chi connectivity index (χ4n) is 3.25. The number of nitrogens with zero attached hydrogens (tertiary/aromatic N) is 2. The Bertz CT molecular complexity index is 1060. The summed E-state index contributed by atoms with van der Waals surface area (Å²) in [5.41, 5.74) is 2.61. The molecule has 4 rings (SSSR count). The number of thioether (sulfide) groups is 1. The molecule has 1 aromatic heterocycles. The lowest BCUT2D eigenvalue weighted by Gasteiger charge is -2.16. The molecule has 152 valence electrons. The van der Waals surface area contributed by atoms with Crippen molar-refractivity contribution >= 4 is 34.2 Å². The first-order chi connectivity index (χ1) is 14.6. The summed E-state index contributed by atoms with van der Waals surface area (Å²) in [4.78, 5) is 18.7. The van der Waals surface area contributed by atoms with Crippen LogP contribution in [-0.4, -0.2) is 25.4 Å². The second kappa shape index (κ2) is 9.36. The summed E-state index contributed by atoms with van der Waals surface area (Å²) >= 11 is 6.85. The van der Waals surface area contributed by atoms with E-state index in [0.717, 1.165) is 16.7 Å². The van der Waals surface area contributed by atoms with Gasteiger partial charge < -0.3 is 4.74 Å². The first-order valence-corrected chi connectivity index (χ1v) is 10.7. The third-order valence-corrected chi connectivity index (χ3v) is 6.31. The van der Waals surface area contributed by atoms with Gasteiger partial charge in [0.1, 0.15) is 22.5 Å². The number of amides is 1. The smallest absolute Gasteiger partial charge is 0.242 e. The van der Waals surface area contributed by atoms with Crippen LogP contribution in [0.15, 0.2) is 73.1 Å². The van der Waals surface area contributed by atoms with E-state index in [1.54, 1.807) is 23.4 Å². The van der Waals surface area contributed by atoms with Gasteiger partial charge in [0.15, 0.2) is 0 Å². The Morgan fingerprint density at radius 3 is 2.73 bits per heavy atom. The Morgan fingerprint density at radius 1 is 1.10 bits per heavy atom. The van der Waals surface area contributed by atoms with Crippen molar-refractivity contribution in [3.8, 4) is 5.75 Å². The van der Waals surface area contributed by atoms with Crippen LogP contribution in [0, 0.1) is 5.82 Å². The van der Waals surface area contributed by atoms with Gasteiger partial charge in [-0.2, -0.15) is 0 Å². The Morgan fingerprint density at radius 2 is 1.93 bits per heavy atom. The van der Waals surface area contributed by atoms with Gasteiger partial charge in [0, 0.05) is 12.4 Å². The van der Waals surface area contributed by atoms with Gasteiger partial charge in [-0.05, 0) is 47.4 Å². The maximum atomic E-state index is 13.4. The van der Waals surface area contributed by atoms with E-state index in [2.05, 4.69) is 4.98 Å². The molecule has 3 aromatic rings. The fourth-order valence-corrected chi connectivity index (χ4v) is 4.77. The third-order valence-electron chi connectivity index (χ3n) is 4.73. The van der Waals surface area contributed by atoms with E-state index < -0.39 is 0 Å². The molecular formula is C23H19FN2O2S2. The number of para-hydroxylation sites is 1. The summed E-state index contributed by atoms with van der Waals surface area (Å²) in [6, 6.07) is 17.7. The van der Waals surface area contributed by atoms with Crippen LogP contribution in [0.3, 0.4) is 0 Å². The molecule has 0 aliphatic carbocycles. The van der Waals surface area contributed by atoms with E-state index >= 15 is 0 Å². The zero-order valence-corrected chi connectivity index (χ0v) is 17.7. The van der Waals surface area contributed by atoms with Crippen LogP contribution in [0.5, 0.6) is 5.75 Å². The summed E-state index contributed by atoms with van der Waals surface area (Å²) in [6.45, 7) is 0.679. The average molecular weight is 439 g/mol. The highest BCUT2D eigenvalue weighted by atomic mass is 32.2. The van der Waals surface area contributed by atoms with Crippen LogP contribution in [0.25, 0.3) is 0 Å². The lowest BCUT2D eigenvalue weighted by Crippen LogP contribution is -2.31. The molecule has 0 bridgehead atoms. The predicted octanol–water partition coefficient (Wildman–Crippen LogP) is 4.77. The average Bonchev–Trinajstić information content (AvgIpc) is 3.01.